The van der Waals surface area contributed by atoms with Crippen molar-refractivity contribution in [3.63, 3.8) is 0 Å². The number of benzene rings is 1. The summed E-state index contributed by atoms with van der Waals surface area (Å²) in [6, 6.07) is 11.6. The summed E-state index contributed by atoms with van der Waals surface area (Å²) < 4.78 is 13.1. The number of hydrogen-bond acceptors (Lipinski definition) is 3. The molecule has 0 radical (unpaired) electrons. The molecule has 0 saturated carbocycles. The van der Waals surface area contributed by atoms with Crippen molar-refractivity contribution in [2.24, 2.45) is 4.99 Å². The van der Waals surface area contributed by atoms with Gasteiger partial charge in [0.2, 0.25) is 0 Å². The van der Waals surface area contributed by atoms with Gasteiger partial charge in [0.25, 0.3) is 0 Å². The summed E-state index contributed by atoms with van der Waals surface area (Å²) in [7, 11) is 0. The Balaban J connectivity index is 1.46. The molecule has 3 rings (SSSR count). The standard InChI is InChI=1S/C22H31FN4S/c1-3-24-22(25-15-17(2)21-5-4-14-28-21)26-20-10-12-27(13-11-20)16-18-6-8-19(23)9-7-18/h4-9,14,17,20H,3,10-13,15-16H2,1-2H3,(H2,24,25,26). The Labute approximate surface area is 171 Å². The Bertz CT molecular complexity index is 722. The van der Waals surface area contributed by atoms with Gasteiger partial charge in [0, 0.05) is 43.0 Å². The molecular weight excluding hydrogens is 371 g/mol. The van der Waals surface area contributed by atoms with E-state index in [1.54, 1.807) is 23.5 Å². The molecule has 2 aromatic rings. The first-order valence-electron chi connectivity index (χ1n) is 10.2. The Morgan fingerprint density at radius 1 is 1.25 bits per heavy atom. The molecule has 4 nitrogen and oxygen atoms in total. The average Bonchev–Trinajstić information content (AvgIpc) is 3.24. The molecule has 0 amide bonds. The molecule has 2 heterocycles. The second kappa shape index (κ2) is 10.6. The minimum absolute atomic E-state index is 0.171. The summed E-state index contributed by atoms with van der Waals surface area (Å²) in [5, 5.41) is 9.12. The predicted octanol–water partition coefficient (Wildman–Crippen LogP) is 4.21. The van der Waals surface area contributed by atoms with E-state index in [4.69, 9.17) is 4.99 Å². The van der Waals surface area contributed by atoms with Crippen molar-refractivity contribution in [1.82, 2.24) is 15.5 Å². The lowest BCUT2D eigenvalue weighted by molar-refractivity contribution is 0.198. The fourth-order valence-corrected chi connectivity index (χ4v) is 4.26. The Hall–Kier alpha value is -1.92. The van der Waals surface area contributed by atoms with Gasteiger partial charge < -0.3 is 10.6 Å². The topological polar surface area (TPSA) is 39.7 Å². The average molecular weight is 403 g/mol. The van der Waals surface area contributed by atoms with Crippen LogP contribution in [0.3, 0.4) is 0 Å². The van der Waals surface area contributed by atoms with Crippen LogP contribution in [0.25, 0.3) is 0 Å². The first kappa shape index (κ1) is 20.8. The van der Waals surface area contributed by atoms with Gasteiger partial charge in [-0.1, -0.05) is 25.1 Å². The van der Waals surface area contributed by atoms with Crippen LogP contribution in [0.5, 0.6) is 0 Å². The molecule has 152 valence electrons. The zero-order valence-corrected chi connectivity index (χ0v) is 17.6. The van der Waals surface area contributed by atoms with Gasteiger partial charge in [0.1, 0.15) is 5.82 Å². The molecule has 1 fully saturated rings. The van der Waals surface area contributed by atoms with Gasteiger partial charge in [-0.2, -0.15) is 0 Å². The van der Waals surface area contributed by atoms with E-state index >= 15 is 0 Å². The predicted molar refractivity (Wildman–Crippen MR) is 117 cm³/mol. The second-order valence-corrected chi connectivity index (χ2v) is 8.44. The van der Waals surface area contributed by atoms with Crippen LogP contribution < -0.4 is 10.6 Å². The summed E-state index contributed by atoms with van der Waals surface area (Å²) in [4.78, 5) is 8.63. The first-order chi connectivity index (χ1) is 13.6. The van der Waals surface area contributed by atoms with Crippen molar-refractivity contribution in [3.8, 4) is 0 Å². The molecule has 1 aliphatic heterocycles. The van der Waals surface area contributed by atoms with Crippen LogP contribution in [0.15, 0.2) is 46.8 Å². The van der Waals surface area contributed by atoms with Crippen molar-refractivity contribution in [2.45, 2.75) is 45.2 Å². The molecule has 2 N–H and O–H groups in total. The Morgan fingerprint density at radius 3 is 2.64 bits per heavy atom. The zero-order chi connectivity index (χ0) is 19.8. The number of hydrogen-bond donors (Lipinski definition) is 2. The van der Waals surface area contributed by atoms with Gasteiger partial charge in [-0.05, 0) is 48.9 Å². The molecule has 1 aromatic carbocycles. The number of piperidine rings is 1. The van der Waals surface area contributed by atoms with Crippen molar-refractivity contribution in [1.29, 1.82) is 0 Å². The number of nitrogens with zero attached hydrogens (tertiary/aromatic N) is 2. The van der Waals surface area contributed by atoms with Crippen LogP contribution >= 0.6 is 11.3 Å². The van der Waals surface area contributed by atoms with Gasteiger partial charge in [-0.15, -0.1) is 11.3 Å². The van der Waals surface area contributed by atoms with E-state index in [0.717, 1.165) is 51.5 Å². The van der Waals surface area contributed by atoms with E-state index in [9.17, 15) is 4.39 Å². The Morgan fingerprint density at radius 2 is 2.00 bits per heavy atom. The monoisotopic (exact) mass is 402 g/mol. The molecule has 1 unspecified atom stereocenters. The maximum atomic E-state index is 13.1. The smallest absolute Gasteiger partial charge is 0.191 e. The largest absolute Gasteiger partial charge is 0.357 e. The molecule has 6 heteroatoms. The van der Waals surface area contributed by atoms with Gasteiger partial charge >= 0.3 is 0 Å². The molecule has 1 aromatic heterocycles. The second-order valence-electron chi connectivity index (χ2n) is 7.46. The number of nitrogens with one attached hydrogen (secondary N) is 2. The maximum Gasteiger partial charge on any atom is 0.191 e. The van der Waals surface area contributed by atoms with Crippen LogP contribution in [0.2, 0.25) is 0 Å². The van der Waals surface area contributed by atoms with Crippen LogP contribution in [0, 0.1) is 5.82 Å². The molecule has 0 bridgehead atoms. The van der Waals surface area contributed by atoms with Crippen LogP contribution in [0.1, 0.15) is 43.0 Å². The molecule has 1 atom stereocenters. The van der Waals surface area contributed by atoms with E-state index in [1.165, 1.54) is 10.4 Å². The number of likely N-dealkylation sites (tertiary alicyclic amines) is 1. The van der Waals surface area contributed by atoms with Crippen molar-refractivity contribution < 1.29 is 4.39 Å². The zero-order valence-electron chi connectivity index (χ0n) is 16.8. The van der Waals surface area contributed by atoms with Gasteiger partial charge in [0.15, 0.2) is 5.96 Å². The number of thiophene rings is 1. The fraction of sp³-hybridized carbons (Fsp3) is 0.500. The highest BCUT2D eigenvalue weighted by Crippen LogP contribution is 2.20. The van der Waals surface area contributed by atoms with E-state index in [1.807, 2.05) is 12.1 Å². The lowest BCUT2D eigenvalue weighted by Gasteiger charge is -2.33. The highest BCUT2D eigenvalue weighted by atomic mass is 32.1. The SMILES string of the molecule is CCNC(=NCC(C)c1cccs1)NC1CCN(Cc2ccc(F)cc2)CC1. The van der Waals surface area contributed by atoms with E-state index in [-0.39, 0.29) is 5.82 Å². The first-order valence-corrected chi connectivity index (χ1v) is 11.1. The third kappa shape index (κ3) is 6.31. The number of aliphatic imine (C=N–C) groups is 1. The minimum atomic E-state index is -0.171. The van der Waals surface area contributed by atoms with Crippen molar-refractivity contribution in [2.75, 3.05) is 26.2 Å². The lowest BCUT2D eigenvalue weighted by atomic mass is 10.0. The molecule has 0 spiro atoms. The highest BCUT2D eigenvalue weighted by Gasteiger charge is 2.20. The van der Waals surface area contributed by atoms with Gasteiger partial charge in [0.05, 0.1) is 6.54 Å². The summed E-state index contributed by atoms with van der Waals surface area (Å²) in [5.41, 5.74) is 1.17. The normalized spacial score (nSPS) is 17.5. The number of rotatable bonds is 7. The summed E-state index contributed by atoms with van der Waals surface area (Å²) in [5.74, 6) is 1.19. The fourth-order valence-electron chi connectivity index (χ4n) is 3.49. The van der Waals surface area contributed by atoms with E-state index < -0.39 is 0 Å². The van der Waals surface area contributed by atoms with Crippen LogP contribution in [-0.2, 0) is 6.54 Å². The maximum absolute atomic E-state index is 13.1. The highest BCUT2D eigenvalue weighted by molar-refractivity contribution is 7.10. The Kier molecular flexibility index (Phi) is 7.86. The van der Waals surface area contributed by atoms with Crippen molar-refractivity contribution in [3.05, 3.63) is 58.0 Å². The minimum Gasteiger partial charge on any atom is -0.357 e. The van der Waals surface area contributed by atoms with E-state index in [0.29, 0.717) is 12.0 Å². The molecule has 1 saturated heterocycles. The van der Waals surface area contributed by atoms with E-state index in [2.05, 4.69) is 46.9 Å². The third-order valence-electron chi connectivity index (χ3n) is 5.14. The molecular formula is C22H31FN4S. The number of guanidine groups is 1. The van der Waals surface area contributed by atoms with Crippen LogP contribution in [0.4, 0.5) is 4.39 Å². The summed E-state index contributed by atoms with van der Waals surface area (Å²) in [6.07, 6.45) is 2.18. The molecule has 1 aliphatic rings. The third-order valence-corrected chi connectivity index (χ3v) is 6.25. The molecule has 0 aliphatic carbocycles. The lowest BCUT2D eigenvalue weighted by Crippen LogP contribution is -2.48. The summed E-state index contributed by atoms with van der Waals surface area (Å²) in [6.45, 7) is 8.96. The molecule has 28 heavy (non-hydrogen) atoms. The van der Waals surface area contributed by atoms with Gasteiger partial charge in [-0.3, -0.25) is 9.89 Å². The van der Waals surface area contributed by atoms with Crippen LogP contribution in [-0.4, -0.2) is 43.1 Å². The quantitative estimate of drug-likeness (QED) is 0.538. The summed E-state index contributed by atoms with van der Waals surface area (Å²) >= 11 is 1.80. The van der Waals surface area contributed by atoms with Crippen molar-refractivity contribution >= 4 is 17.3 Å². The number of halogens is 1. The van der Waals surface area contributed by atoms with Gasteiger partial charge in [-0.25, -0.2) is 4.39 Å².